The molecule has 0 aliphatic rings. The van der Waals surface area contributed by atoms with E-state index in [0.29, 0.717) is 13.2 Å². The summed E-state index contributed by atoms with van der Waals surface area (Å²) in [6.07, 6.45) is -0.408. The van der Waals surface area contributed by atoms with Crippen molar-refractivity contribution >= 4 is 6.09 Å². The largest absolute Gasteiger partial charge is 0.422 e. The molecular formula is C7H15NO4. The second-order valence-electron chi connectivity index (χ2n) is 2.23. The molecule has 0 rings (SSSR count). The highest BCUT2D eigenvalue weighted by molar-refractivity contribution is 5.66. The maximum absolute atomic E-state index is 11.0. The molecular weight excluding hydrogens is 162 g/mol. The van der Waals surface area contributed by atoms with Crippen LogP contribution in [0.5, 0.6) is 0 Å². The van der Waals surface area contributed by atoms with Gasteiger partial charge in [0, 0.05) is 27.8 Å². The molecule has 0 N–H and O–H groups in total. The summed E-state index contributed by atoms with van der Waals surface area (Å²) in [5.41, 5.74) is 0. The fraction of sp³-hybridized carbons (Fsp3) is 0.857. The van der Waals surface area contributed by atoms with Crippen molar-refractivity contribution in [2.45, 2.75) is 0 Å². The highest BCUT2D eigenvalue weighted by Crippen LogP contribution is 1.89. The van der Waals surface area contributed by atoms with Crippen molar-refractivity contribution in [2.24, 2.45) is 0 Å². The highest BCUT2D eigenvalue weighted by Gasteiger charge is 2.07. The van der Waals surface area contributed by atoms with E-state index < -0.39 is 6.09 Å². The smallest absolute Gasteiger partial charge is 0.411 e. The van der Waals surface area contributed by atoms with Crippen molar-refractivity contribution in [3.8, 4) is 0 Å². The fourth-order valence-corrected chi connectivity index (χ4v) is 0.539. The Morgan fingerprint density at radius 3 is 2.50 bits per heavy atom. The Hall–Kier alpha value is -0.810. The third-order valence-electron chi connectivity index (χ3n) is 1.24. The lowest BCUT2D eigenvalue weighted by Crippen LogP contribution is -2.30. The number of rotatable bonds is 5. The number of hydrogen-bond acceptors (Lipinski definition) is 4. The molecule has 0 saturated heterocycles. The van der Waals surface area contributed by atoms with Gasteiger partial charge in [-0.05, 0) is 0 Å². The average Bonchev–Trinajstić information content (AvgIpc) is 2.10. The van der Waals surface area contributed by atoms with Gasteiger partial charge >= 0.3 is 6.09 Å². The van der Waals surface area contributed by atoms with E-state index in [0.717, 1.165) is 0 Å². The van der Waals surface area contributed by atoms with Crippen molar-refractivity contribution in [3.05, 3.63) is 0 Å². The topological polar surface area (TPSA) is 48.0 Å². The summed E-state index contributed by atoms with van der Waals surface area (Å²) in [7, 11) is 4.67. The molecule has 72 valence electrons. The van der Waals surface area contributed by atoms with Crippen LogP contribution in [-0.4, -0.2) is 52.2 Å². The van der Waals surface area contributed by atoms with Crippen LogP contribution >= 0.6 is 0 Å². The molecule has 5 heteroatoms. The zero-order valence-electron chi connectivity index (χ0n) is 7.70. The minimum atomic E-state index is -0.408. The lowest BCUT2D eigenvalue weighted by Gasteiger charge is -2.15. The van der Waals surface area contributed by atoms with Crippen molar-refractivity contribution in [1.82, 2.24) is 4.90 Å². The standard InChI is InChI=1S/C7H15NO4/c1-8(4-5-10-2)7(9)12-6-11-3/h4-6H2,1-3H3. The van der Waals surface area contributed by atoms with Gasteiger partial charge in [0.15, 0.2) is 6.79 Å². The normalized spacial score (nSPS) is 9.58. The molecule has 0 fully saturated rings. The van der Waals surface area contributed by atoms with Crippen LogP contribution in [0.3, 0.4) is 0 Å². The van der Waals surface area contributed by atoms with Crippen LogP contribution in [0.2, 0.25) is 0 Å². The van der Waals surface area contributed by atoms with Crippen molar-refractivity contribution in [1.29, 1.82) is 0 Å². The van der Waals surface area contributed by atoms with Crippen molar-refractivity contribution in [2.75, 3.05) is 41.2 Å². The van der Waals surface area contributed by atoms with E-state index in [-0.39, 0.29) is 6.79 Å². The molecule has 1 amide bonds. The van der Waals surface area contributed by atoms with E-state index in [1.807, 2.05) is 0 Å². The Morgan fingerprint density at radius 1 is 1.33 bits per heavy atom. The van der Waals surface area contributed by atoms with E-state index in [4.69, 9.17) is 4.74 Å². The molecule has 0 aliphatic heterocycles. The maximum Gasteiger partial charge on any atom is 0.411 e. The molecule has 0 atom stereocenters. The predicted molar refractivity (Wildman–Crippen MR) is 42.9 cm³/mol. The van der Waals surface area contributed by atoms with Crippen LogP contribution in [0, 0.1) is 0 Å². The molecule has 0 aromatic heterocycles. The van der Waals surface area contributed by atoms with Gasteiger partial charge < -0.3 is 19.1 Å². The van der Waals surface area contributed by atoms with Crippen LogP contribution < -0.4 is 0 Å². The first-order chi connectivity index (χ1) is 5.72. The van der Waals surface area contributed by atoms with Crippen LogP contribution in [0.25, 0.3) is 0 Å². The number of hydrogen-bond donors (Lipinski definition) is 0. The van der Waals surface area contributed by atoms with Crippen LogP contribution in [-0.2, 0) is 14.2 Å². The first-order valence-corrected chi connectivity index (χ1v) is 3.58. The minimum absolute atomic E-state index is 0.0177. The van der Waals surface area contributed by atoms with Crippen LogP contribution in [0.1, 0.15) is 0 Å². The van der Waals surface area contributed by atoms with Crippen LogP contribution in [0.15, 0.2) is 0 Å². The summed E-state index contributed by atoms with van der Waals surface area (Å²) in [5, 5.41) is 0. The SMILES string of the molecule is COCCN(C)C(=O)OCOC. The number of methoxy groups -OCH3 is 2. The van der Waals surface area contributed by atoms with Gasteiger partial charge in [0.05, 0.1) is 6.61 Å². The second kappa shape index (κ2) is 6.87. The number of nitrogens with zero attached hydrogens (tertiary/aromatic N) is 1. The lowest BCUT2D eigenvalue weighted by molar-refractivity contribution is -0.00362. The molecule has 0 aromatic carbocycles. The summed E-state index contributed by atoms with van der Waals surface area (Å²) in [4.78, 5) is 12.4. The first-order valence-electron chi connectivity index (χ1n) is 3.58. The molecule has 0 bridgehead atoms. The number of amides is 1. The maximum atomic E-state index is 11.0. The third kappa shape index (κ3) is 4.92. The zero-order chi connectivity index (χ0) is 9.40. The third-order valence-corrected chi connectivity index (χ3v) is 1.24. The molecule has 0 aliphatic carbocycles. The molecule has 0 spiro atoms. The molecule has 0 saturated carbocycles. The van der Waals surface area contributed by atoms with E-state index in [1.165, 1.54) is 12.0 Å². The number of carbonyl (C=O) groups excluding carboxylic acids is 1. The summed E-state index contributed by atoms with van der Waals surface area (Å²) in [6, 6.07) is 0. The molecule has 0 unspecified atom stereocenters. The van der Waals surface area contributed by atoms with Gasteiger partial charge in [-0.25, -0.2) is 4.79 Å². The molecule has 12 heavy (non-hydrogen) atoms. The van der Waals surface area contributed by atoms with Gasteiger partial charge in [-0.2, -0.15) is 0 Å². The van der Waals surface area contributed by atoms with Gasteiger partial charge in [0.2, 0.25) is 0 Å². The lowest BCUT2D eigenvalue weighted by atomic mass is 10.6. The Labute approximate surface area is 72.2 Å². The van der Waals surface area contributed by atoms with Gasteiger partial charge in [0.25, 0.3) is 0 Å². The van der Waals surface area contributed by atoms with Crippen molar-refractivity contribution < 1.29 is 19.0 Å². The number of likely N-dealkylation sites (N-methyl/N-ethyl adjacent to an activating group) is 1. The fourth-order valence-electron chi connectivity index (χ4n) is 0.539. The Bertz CT molecular complexity index is 129. The monoisotopic (exact) mass is 177 g/mol. The summed E-state index contributed by atoms with van der Waals surface area (Å²) in [5.74, 6) is 0. The zero-order valence-corrected chi connectivity index (χ0v) is 7.70. The molecule has 5 nitrogen and oxygen atoms in total. The quantitative estimate of drug-likeness (QED) is 0.567. The molecule has 0 aromatic rings. The second-order valence-corrected chi connectivity index (χ2v) is 2.23. The predicted octanol–water partition coefficient (Wildman–Crippen LogP) is 0.305. The summed E-state index contributed by atoms with van der Waals surface area (Å²) in [6.45, 7) is 0.994. The van der Waals surface area contributed by atoms with Gasteiger partial charge in [-0.15, -0.1) is 0 Å². The van der Waals surface area contributed by atoms with Crippen LogP contribution in [0.4, 0.5) is 4.79 Å². The van der Waals surface area contributed by atoms with E-state index in [2.05, 4.69) is 9.47 Å². The van der Waals surface area contributed by atoms with E-state index in [1.54, 1.807) is 14.2 Å². The average molecular weight is 177 g/mol. The minimum Gasteiger partial charge on any atom is -0.422 e. The summed E-state index contributed by atoms with van der Waals surface area (Å²) < 4.78 is 14.0. The van der Waals surface area contributed by atoms with Gasteiger partial charge in [-0.3, -0.25) is 0 Å². The molecule has 0 heterocycles. The highest BCUT2D eigenvalue weighted by atomic mass is 16.7. The Balaban J connectivity index is 3.47. The number of carbonyl (C=O) groups is 1. The number of ether oxygens (including phenoxy) is 3. The first kappa shape index (κ1) is 11.2. The Kier molecular flexibility index (Phi) is 6.41. The van der Waals surface area contributed by atoms with E-state index in [9.17, 15) is 4.79 Å². The van der Waals surface area contributed by atoms with Crippen molar-refractivity contribution in [3.63, 3.8) is 0 Å². The Morgan fingerprint density at radius 2 is 2.00 bits per heavy atom. The summed E-state index contributed by atoms with van der Waals surface area (Å²) >= 11 is 0. The molecule has 0 radical (unpaired) electrons. The van der Waals surface area contributed by atoms with Gasteiger partial charge in [0.1, 0.15) is 0 Å². The van der Waals surface area contributed by atoms with E-state index >= 15 is 0 Å². The van der Waals surface area contributed by atoms with Gasteiger partial charge in [-0.1, -0.05) is 0 Å².